The summed E-state index contributed by atoms with van der Waals surface area (Å²) >= 11 is 13.9. The Morgan fingerprint density at radius 1 is 1.24 bits per heavy atom. The van der Waals surface area contributed by atoms with E-state index in [1.54, 1.807) is 36.5 Å². The Bertz CT molecular complexity index is 1240. The number of thiazole rings is 1. The summed E-state index contributed by atoms with van der Waals surface area (Å²) in [5.74, 6) is -0.107. The number of ether oxygens (including phenoxy) is 1. The highest BCUT2D eigenvalue weighted by molar-refractivity contribution is 7.11. The van der Waals surface area contributed by atoms with E-state index in [-0.39, 0.29) is 11.8 Å². The van der Waals surface area contributed by atoms with Crippen molar-refractivity contribution in [2.75, 3.05) is 10.2 Å². The zero-order chi connectivity index (χ0) is 23.9. The van der Waals surface area contributed by atoms with Gasteiger partial charge in [-0.1, -0.05) is 30.1 Å². The third kappa shape index (κ3) is 4.58. The van der Waals surface area contributed by atoms with E-state index in [0.29, 0.717) is 33.6 Å². The van der Waals surface area contributed by atoms with Crippen LogP contribution in [0.1, 0.15) is 30.2 Å². The predicted molar refractivity (Wildman–Crippen MR) is 134 cm³/mol. The highest BCUT2D eigenvalue weighted by Gasteiger charge is 2.39. The number of nitrogens with zero attached hydrogens (tertiary/aromatic N) is 2. The fourth-order valence-corrected chi connectivity index (χ4v) is 5.01. The molecular weight excluding hydrogens is 481 g/mol. The van der Waals surface area contributed by atoms with Gasteiger partial charge in [-0.2, -0.15) is 0 Å². The number of halogens is 2. The van der Waals surface area contributed by atoms with Crippen molar-refractivity contribution in [1.82, 2.24) is 4.98 Å². The third-order valence-corrected chi connectivity index (χ3v) is 6.95. The number of carbonyl (C=O) groups excluding carboxylic acids is 2. The molecule has 33 heavy (non-hydrogen) atoms. The van der Waals surface area contributed by atoms with Crippen LogP contribution in [0.5, 0.6) is 5.75 Å². The van der Waals surface area contributed by atoms with Gasteiger partial charge >= 0.3 is 0 Å². The quantitative estimate of drug-likeness (QED) is 0.445. The summed E-state index contributed by atoms with van der Waals surface area (Å²) in [5.41, 5.74) is 2.63. The highest BCUT2D eigenvalue weighted by Crippen LogP contribution is 2.40. The second kappa shape index (κ2) is 9.33. The van der Waals surface area contributed by atoms with E-state index < -0.39 is 12.1 Å². The SMILES string of the molecule is CCC1Oc2ccc(-c3nc(C)sc3C)cc2N(C(C)C(=O)Nc2cc(Cl)ccc2Cl)C1=O. The normalized spacial score (nSPS) is 16.2. The molecule has 2 amide bonds. The minimum Gasteiger partial charge on any atom is -0.478 e. The average molecular weight is 504 g/mol. The van der Waals surface area contributed by atoms with Crippen molar-refractivity contribution in [3.63, 3.8) is 0 Å². The molecule has 2 aromatic carbocycles. The zero-order valence-electron chi connectivity index (χ0n) is 18.6. The Hall–Kier alpha value is -2.61. The first-order chi connectivity index (χ1) is 15.7. The van der Waals surface area contributed by atoms with E-state index in [1.807, 2.05) is 39.0 Å². The fourth-order valence-electron chi connectivity index (χ4n) is 3.83. The molecule has 0 spiro atoms. The molecule has 1 aromatic heterocycles. The molecule has 9 heteroatoms. The van der Waals surface area contributed by atoms with Crippen LogP contribution in [0.4, 0.5) is 11.4 Å². The second-order valence-corrected chi connectivity index (χ2v) is 10.1. The van der Waals surface area contributed by atoms with Crippen LogP contribution in [0.25, 0.3) is 11.3 Å². The number of rotatable bonds is 5. The molecule has 6 nitrogen and oxygen atoms in total. The number of amides is 2. The van der Waals surface area contributed by atoms with Crippen molar-refractivity contribution in [3.8, 4) is 17.0 Å². The topological polar surface area (TPSA) is 71.5 Å². The van der Waals surface area contributed by atoms with Crippen LogP contribution in [0.2, 0.25) is 10.0 Å². The summed E-state index contributed by atoms with van der Waals surface area (Å²) in [6.07, 6.45) is -0.188. The van der Waals surface area contributed by atoms with E-state index in [2.05, 4.69) is 10.3 Å². The molecule has 0 aliphatic carbocycles. The average Bonchev–Trinajstić information content (AvgIpc) is 3.12. The Balaban J connectivity index is 1.72. The summed E-state index contributed by atoms with van der Waals surface area (Å²) in [6, 6.07) is 9.62. The van der Waals surface area contributed by atoms with E-state index in [9.17, 15) is 9.59 Å². The van der Waals surface area contributed by atoms with Crippen LogP contribution >= 0.6 is 34.5 Å². The first-order valence-corrected chi connectivity index (χ1v) is 12.1. The number of aryl methyl sites for hydroxylation is 2. The molecule has 4 rings (SSSR count). The number of nitrogens with one attached hydrogen (secondary N) is 1. The van der Waals surface area contributed by atoms with Gasteiger partial charge in [-0.15, -0.1) is 11.3 Å². The third-order valence-electron chi connectivity index (χ3n) is 5.50. The van der Waals surface area contributed by atoms with Crippen molar-refractivity contribution >= 4 is 57.7 Å². The summed E-state index contributed by atoms with van der Waals surface area (Å²) in [7, 11) is 0. The maximum absolute atomic E-state index is 13.3. The molecule has 172 valence electrons. The molecule has 0 bridgehead atoms. The minimum atomic E-state index is -0.822. The number of benzene rings is 2. The van der Waals surface area contributed by atoms with Crippen LogP contribution in [-0.4, -0.2) is 28.9 Å². The van der Waals surface area contributed by atoms with Gasteiger partial charge in [-0.3, -0.25) is 14.5 Å². The van der Waals surface area contributed by atoms with Gasteiger partial charge in [-0.25, -0.2) is 4.98 Å². The van der Waals surface area contributed by atoms with Gasteiger partial charge in [0.2, 0.25) is 5.91 Å². The summed E-state index contributed by atoms with van der Waals surface area (Å²) in [4.78, 5) is 33.7. The molecule has 0 fully saturated rings. The lowest BCUT2D eigenvalue weighted by Gasteiger charge is -2.37. The molecule has 0 saturated carbocycles. The first kappa shape index (κ1) is 23.5. The highest BCUT2D eigenvalue weighted by atomic mass is 35.5. The van der Waals surface area contributed by atoms with Crippen LogP contribution in [-0.2, 0) is 9.59 Å². The smallest absolute Gasteiger partial charge is 0.268 e. The number of hydrogen-bond donors (Lipinski definition) is 1. The lowest BCUT2D eigenvalue weighted by atomic mass is 10.0. The maximum atomic E-state index is 13.3. The molecule has 0 radical (unpaired) electrons. The van der Waals surface area contributed by atoms with Gasteiger partial charge in [0, 0.05) is 15.5 Å². The lowest BCUT2D eigenvalue weighted by molar-refractivity contribution is -0.129. The van der Waals surface area contributed by atoms with E-state index in [0.717, 1.165) is 21.1 Å². The summed E-state index contributed by atoms with van der Waals surface area (Å²) in [6.45, 7) is 7.52. The molecule has 1 aliphatic rings. The first-order valence-electron chi connectivity index (χ1n) is 10.5. The molecule has 2 atom stereocenters. The number of aromatic nitrogens is 1. The largest absolute Gasteiger partial charge is 0.478 e. The van der Waals surface area contributed by atoms with Crippen molar-refractivity contribution in [1.29, 1.82) is 0 Å². The molecule has 3 aromatic rings. The van der Waals surface area contributed by atoms with Crippen molar-refractivity contribution in [2.24, 2.45) is 0 Å². The van der Waals surface area contributed by atoms with Crippen LogP contribution in [0.3, 0.4) is 0 Å². The standard InChI is InChI=1S/C24H23Cl2N3O3S/c1-5-20-24(31)29(12(2)23(30)28-18-11-16(25)7-8-17(18)26)19-10-15(6-9-21(19)32-20)22-13(3)33-14(4)27-22/h6-12,20H,5H2,1-4H3,(H,28,30). The summed E-state index contributed by atoms with van der Waals surface area (Å²) < 4.78 is 5.95. The Morgan fingerprint density at radius 3 is 2.67 bits per heavy atom. The Morgan fingerprint density at radius 2 is 2.00 bits per heavy atom. The van der Waals surface area contributed by atoms with Gasteiger partial charge in [0.15, 0.2) is 6.10 Å². The molecule has 2 unspecified atom stereocenters. The van der Waals surface area contributed by atoms with Gasteiger partial charge in [0.05, 0.1) is 27.1 Å². The zero-order valence-corrected chi connectivity index (χ0v) is 20.9. The van der Waals surface area contributed by atoms with Gasteiger partial charge in [0.25, 0.3) is 5.91 Å². The van der Waals surface area contributed by atoms with Crippen LogP contribution < -0.4 is 15.0 Å². The number of anilines is 2. The Kier molecular flexibility index (Phi) is 6.66. The van der Waals surface area contributed by atoms with E-state index in [4.69, 9.17) is 27.9 Å². The summed E-state index contributed by atoms with van der Waals surface area (Å²) in [5, 5.41) is 4.55. The van der Waals surface area contributed by atoms with E-state index >= 15 is 0 Å². The molecule has 2 heterocycles. The molecule has 0 saturated heterocycles. The van der Waals surface area contributed by atoms with Crippen molar-refractivity contribution in [3.05, 3.63) is 56.3 Å². The number of carbonyl (C=O) groups is 2. The lowest BCUT2D eigenvalue weighted by Crippen LogP contribution is -2.53. The van der Waals surface area contributed by atoms with Gasteiger partial charge < -0.3 is 10.1 Å². The molecule has 1 N–H and O–H groups in total. The van der Waals surface area contributed by atoms with Crippen molar-refractivity contribution < 1.29 is 14.3 Å². The molecule has 1 aliphatic heterocycles. The number of fused-ring (bicyclic) bond motifs is 1. The second-order valence-electron chi connectivity index (χ2n) is 7.83. The monoisotopic (exact) mass is 503 g/mol. The number of hydrogen-bond acceptors (Lipinski definition) is 5. The van der Waals surface area contributed by atoms with E-state index in [1.165, 1.54) is 4.90 Å². The van der Waals surface area contributed by atoms with Crippen LogP contribution in [0.15, 0.2) is 36.4 Å². The predicted octanol–water partition coefficient (Wildman–Crippen LogP) is 6.26. The van der Waals surface area contributed by atoms with Crippen LogP contribution in [0, 0.1) is 13.8 Å². The minimum absolute atomic E-state index is 0.270. The maximum Gasteiger partial charge on any atom is 0.268 e. The van der Waals surface area contributed by atoms with Crippen molar-refractivity contribution in [2.45, 2.75) is 46.3 Å². The molecular formula is C24H23Cl2N3O3S. The Labute approximate surface area is 206 Å². The van der Waals surface area contributed by atoms with Gasteiger partial charge in [-0.05, 0) is 63.6 Å². The fraction of sp³-hybridized carbons (Fsp3) is 0.292. The van der Waals surface area contributed by atoms with Gasteiger partial charge in [0.1, 0.15) is 11.8 Å².